The Morgan fingerprint density at radius 3 is 2.05 bits per heavy atom. The van der Waals surface area contributed by atoms with Gasteiger partial charge in [-0.05, 0) is 0 Å². The number of anilines is 3. The van der Waals surface area contributed by atoms with Crippen molar-refractivity contribution >= 4 is 69.8 Å². The Kier molecular flexibility index (Phi) is 11.0. The van der Waals surface area contributed by atoms with Crippen LogP contribution < -0.4 is 33.3 Å². The van der Waals surface area contributed by atoms with Crippen molar-refractivity contribution in [1.82, 2.24) is 19.0 Å². The van der Waals surface area contributed by atoms with Crippen LogP contribution in [0.3, 0.4) is 0 Å². The van der Waals surface area contributed by atoms with Crippen LogP contribution in [0.15, 0.2) is 24.5 Å². The van der Waals surface area contributed by atoms with Crippen LogP contribution in [0, 0.1) is 5.41 Å². The van der Waals surface area contributed by atoms with E-state index in [0.29, 0.717) is 37.9 Å². The summed E-state index contributed by atoms with van der Waals surface area (Å²) >= 11 is -4.21. The Morgan fingerprint density at radius 2 is 1.54 bits per heavy atom. The molecule has 0 radical (unpaired) electrons. The van der Waals surface area contributed by atoms with Gasteiger partial charge in [-0.25, -0.2) is 0 Å². The van der Waals surface area contributed by atoms with Gasteiger partial charge in [0.2, 0.25) is 0 Å². The number of rotatable bonds is 12. The first-order valence-corrected chi connectivity index (χ1v) is 30.6. The molecule has 39 heavy (non-hydrogen) atoms. The van der Waals surface area contributed by atoms with Crippen LogP contribution in [0.4, 0.5) is 17.1 Å². The number of amidine groups is 1. The van der Waals surface area contributed by atoms with Crippen LogP contribution in [-0.4, -0.2) is 50.2 Å². The van der Waals surface area contributed by atoms with E-state index < -0.39 is 58.5 Å². The predicted molar refractivity (Wildman–Crippen MR) is 142 cm³/mol. The zero-order valence-corrected chi connectivity index (χ0v) is 34.0. The number of carbonyl (C=O) groups excluding carboxylic acids is 4. The van der Waals surface area contributed by atoms with Gasteiger partial charge in [-0.15, -0.1) is 0 Å². The molecule has 0 saturated heterocycles. The molecule has 0 unspecified atom stereocenters. The van der Waals surface area contributed by atoms with Gasteiger partial charge in [-0.2, -0.15) is 0 Å². The van der Waals surface area contributed by atoms with Gasteiger partial charge in [0.15, 0.2) is 0 Å². The molecule has 3 rings (SSSR count). The SMILES string of the molecule is Cn1cc(NC(=O)c2cc(NC(=O)c3[c]([201Hg][Cl])c(NC=O)[c]([Hg][Cl])n3C)cn2C)cc1C(=O)NCCC(=N)N. The van der Waals surface area contributed by atoms with Crippen LogP contribution in [0.5, 0.6) is 0 Å². The third-order valence-electron chi connectivity index (χ3n) is 5.97. The molecule has 0 aliphatic rings. The molecule has 200 valence electrons. The van der Waals surface area contributed by atoms with E-state index in [1.54, 1.807) is 47.2 Å². The summed E-state index contributed by atoms with van der Waals surface area (Å²) in [5.74, 6) is -1.24. The third-order valence-corrected chi connectivity index (χ3v) is 18.5. The Labute approximate surface area is 255 Å². The van der Waals surface area contributed by atoms with E-state index in [1.165, 1.54) is 12.1 Å². The molecule has 0 aliphatic carbocycles. The fraction of sp³-hybridized carbons (Fsp3) is 0.227. The molecule has 17 heteroatoms. The van der Waals surface area contributed by atoms with Crippen LogP contribution in [0.2, 0.25) is 0 Å². The molecular formula is C22H25Cl2Hg2N9O4. The Bertz CT molecular complexity index is 1450. The summed E-state index contributed by atoms with van der Waals surface area (Å²) in [4.78, 5) is 49.8. The molecule has 3 aromatic rings. The maximum atomic E-state index is 13.2. The number of hydrogen-bond acceptors (Lipinski definition) is 5. The smallest absolute Gasteiger partial charge is 0.388 e. The van der Waals surface area contributed by atoms with Crippen molar-refractivity contribution < 1.29 is 65.9 Å². The summed E-state index contributed by atoms with van der Waals surface area (Å²) < 4.78 is 6.35. The summed E-state index contributed by atoms with van der Waals surface area (Å²) in [6.45, 7) is 0.225. The molecule has 4 amide bonds. The first-order chi connectivity index (χ1) is 18.5. The minimum Gasteiger partial charge on any atom is -0.388 e. The maximum absolute atomic E-state index is 13.2. The summed E-state index contributed by atoms with van der Waals surface area (Å²) in [5.41, 5.74) is 7.66. The standard InChI is InChI=1S/C22H25N9O4.2ClH.2Hg/c1-29-9-13(26-12-32)6-17(29)21(34)28-15-8-18(31(3)11-15)22(35)27-14-7-16(30(2)10-14)20(33)25-5-4-19(23)24;;;;/h7-8,10-12H,4-5H2,1-3H3,(H3,23,24)(H,25,33)(H,26,32)(H,27,35)(H,28,34);2*1H;;/q;;;2*+1/p-2/i;;;1+0;. The average molecular weight is 952 g/mol. The Hall–Kier alpha value is -2.36. The molecule has 0 bridgehead atoms. The number of carbonyl (C=O) groups is 4. The van der Waals surface area contributed by atoms with Crippen molar-refractivity contribution in [1.29, 1.82) is 5.41 Å². The molecule has 0 saturated carbocycles. The monoisotopic (exact) mass is 952 g/mol. The molecule has 0 aliphatic heterocycles. The molecule has 13 nitrogen and oxygen atoms in total. The van der Waals surface area contributed by atoms with Gasteiger partial charge in [0, 0.05) is 20.0 Å². The normalized spacial score (nSPS) is 10.3. The van der Waals surface area contributed by atoms with Crippen LogP contribution in [0.25, 0.3) is 0 Å². The van der Waals surface area contributed by atoms with Crippen molar-refractivity contribution in [3.63, 3.8) is 0 Å². The minimum atomic E-state index is -2.18. The van der Waals surface area contributed by atoms with E-state index in [0.717, 1.165) is 3.20 Å². The zero-order valence-electron chi connectivity index (χ0n) is 21.5. The van der Waals surface area contributed by atoms with Crippen molar-refractivity contribution in [2.75, 3.05) is 22.5 Å². The molecule has 0 fully saturated rings. The number of aryl methyl sites for hydroxylation is 2. The van der Waals surface area contributed by atoms with E-state index in [-0.39, 0.29) is 30.4 Å². The second kappa shape index (κ2) is 13.8. The van der Waals surface area contributed by atoms with Crippen molar-refractivity contribution in [2.45, 2.75) is 6.42 Å². The van der Waals surface area contributed by atoms with Gasteiger partial charge in [0.25, 0.3) is 5.91 Å². The molecule has 0 atom stereocenters. The Balaban J connectivity index is 1.76. The van der Waals surface area contributed by atoms with Crippen LogP contribution >= 0.6 is 16.5 Å². The van der Waals surface area contributed by atoms with Crippen molar-refractivity contribution in [3.8, 4) is 0 Å². The third kappa shape index (κ3) is 7.24. The van der Waals surface area contributed by atoms with Gasteiger partial charge < -0.3 is 11.1 Å². The summed E-state index contributed by atoms with van der Waals surface area (Å²) in [6, 6.07) is 3.07. The number of halogens is 2. The first-order valence-electron chi connectivity index (χ1n) is 11.6. The van der Waals surface area contributed by atoms with Gasteiger partial charge in [-0.3, -0.25) is 10.2 Å². The van der Waals surface area contributed by atoms with Crippen molar-refractivity contribution in [2.24, 2.45) is 26.9 Å². The second-order valence-corrected chi connectivity index (χ2v) is 20.7. The zero-order chi connectivity index (χ0) is 28.9. The summed E-state index contributed by atoms with van der Waals surface area (Å²) in [5, 5.41) is 18.2. The number of aromatic nitrogens is 3. The first kappa shape index (κ1) is 31.2. The number of nitrogens with zero attached hydrogens (tertiary/aromatic N) is 3. The van der Waals surface area contributed by atoms with E-state index in [1.807, 2.05) is 0 Å². The van der Waals surface area contributed by atoms with Crippen LogP contribution in [0.1, 0.15) is 37.9 Å². The number of nitrogens with one attached hydrogen (secondary N) is 5. The molecule has 3 heterocycles. The Morgan fingerprint density at radius 1 is 0.974 bits per heavy atom. The van der Waals surface area contributed by atoms with E-state index >= 15 is 0 Å². The molecule has 0 spiro atoms. The average Bonchev–Trinajstić information content (AvgIpc) is 3.51. The fourth-order valence-corrected chi connectivity index (χ4v) is 19.7. The van der Waals surface area contributed by atoms with Gasteiger partial charge in [-0.1, -0.05) is 0 Å². The van der Waals surface area contributed by atoms with Crippen molar-refractivity contribution in [3.05, 3.63) is 41.6 Å². The van der Waals surface area contributed by atoms with Gasteiger partial charge in [0.05, 0.1) is 5.84 Å². The minimum absolute atomic E-state index is 0.0262. The van der Waals surface area contributed by atoms with E-state index in [9.17, 15) is 19.2 Å². The molecule has 3 aromatic heterocycles. The van der Waals surface area contributed by atoms with E-state index in [2.05, 4.69) is 21.3 Å². The topological polar surface area (TPSA) is 181 Å². The molecule has 7 N–H and O–H groups in total. The van der Waals surface area contributed by atoms with E-state index in [4.69, 9.17) is 27.6 Å². The summed E-state index contributed by atoms with van der Waals surface area (Å²) in [6.07, 6.45) is 4.00. The molecular weight excluding hydrogens is 927 g/mol. The van der Waals surface area contributed by atoms with Crippen LogP contribution in [-0.2, 0) is 72.6 Å². The predicted octanol–water partition coefficient (Wildman–Crippen LogP) is 0.554. The van der Waals surface area contributed by atoms with Gasteiger partial charge in [0.1, 0.15) is 0 Å². The van der Waals surface area contributed by atoms with Gasteiger partial charge >= 0.3 is 204 Å². The number of amides is 4. The quantitative estimate of drug-likeness (QED) is 0.0671. The number of nitrogens with two attached hydrogens (primary N) is 1. The fourth-order valence-electron chi connectivity index (χ4n) is 4.11. The second-order valence-electron chi connectivity index (χ2n) is 8.63. The molecule has 0 aromatic carbocycles. The number of hydrogen-bond donors (Lipinski definition) is 6. The summed E-state index contributed by atoms with van der Waals surface area (Å²) in [7, 11) is 17.7.